The highest BCUT2D eigenvalue weighted by atomic mass is 32.1. The van der Waals surface area contributed by atoms with Crippen molar-refractivity contribution in [2.24, 2.45) is 5.92 Å². The zero-order valence-electron chi connectivity index (χ0n) is 14.6. The fourth-order valence-electron chi connectivity index (χ4n) is 4.17. The number of allylic oxidation sites excluding steroid dienone is 4. The molecule has 1 aromatic heterocycles. The first-order valence-electron chi connectivity index (χ1n) is 8.68. The Morgan fingerprint density at radius 3 is 2.75 bits per heavy atom. The van der Waals surface area contributed by atoms with Crippen LogP contribution in [-0.4, -0.2) is 17.3 Å². The van der Waals surface area contributed by atoms with E-state index < -0.39 is 0 Å². The summed E-state index contributed by atoms with van der Waals surface area (Å²) < 4.78 is 2.36. The van der Waals surface area contributed by atoms with Gasteiger partial charge in [0, 0.05) is 28.5 Å². The molecule has 2 heterocycles. The second kappa shape index (κ2) is 5.86. The van der Waals surface area contributed by atoms with Gasteiger partial charge in [-0.05, 0) is 37.6 Å². The SMILES string of the molecule is C[N+]1=C(/C=C/C2CC=CC2c2cccs2)C(C)(C)c2ccccc21. The van der Waals surface area contributed by atoms with Gasteiger partial charge in [-0.3, -0.25) is 0 Å². The quantitative estimate of drug-likeness (QED) is 0.502. The highest BCUT2D eigenvalue weighted by Crippen LogP contribution is 2.41. The van der Waals surface area contributed by atoms with E-state index in [1.807, 2.05) is 11.3 Å². The molecule has 2 aliphatic rings. The van der Waals surface area contributed by atoms with Crippen LogP contribution in [0.3, 0.4) is 0 Å². The highest BCUT2D eigenvalue weighted by molar-refractivity contribution is 7.10. The highest BCUT2D eigenvalue weighted by Gasteiger charge is 2.42. The number of para-hydroxylation sites is 1. The first-order valence-corrected chi connectivity index (χ1v) is 9.56. The van der Waals surface area contributed by atoms with Crippen molar-refractivity contribution in [3.05, 3.63) is 76.5 Å². The summed E-state index contributed by atoms with van der Waals surface area (Å²) in [4.78, 5) is 1.48. The van der Waals surface area contributed by atoms with Crippen molar-refractivity contribution < 1.29 is 4.58 Å². The molecule has 1 aliphatic carbocycles. The topological polar surface area (TPSA) is 3.01 Å². The molecule has 0 amide bonds. The summed E-state index contributed by atoms with van der Waals surface area (Å²) >= 11 is 1.87. The van der Waals surface area contributed by atoms with Crippen LogP contribution >= 0.6 is 11.3 Å². The molecule has 0 fully saturated rings. The summed E-state index contributed by atoms with van der Waals surface area (Å²) in [7, 11) is 2.19. The lowest BCUT2D eigenvalue weighted by Crippen LogP contribution is -2.26. The molecule has 1 aliphatic heterocycles. The molecular formula is C22H24NS+. The minimum Gasteiger partial charge on any atom is -0.198 e. The van der Waals surface area contributed by atoms with Crippen LogP contribution in [0.4, 0.5) is 5.69 Å². The Morgan fingerprint density at radius 1 is 1.17 bits per heavy atom. The molecule has 1 nitrogen and oxygen atoms in total. The van der Waals surface area contributed by atoms with Gasteiger partial charge in [-0.2, -0.15) is 4.58 Å². The first kappa shape index (κ1) is 15.6. The van der Waals surface area contributed by atoms with Gasteiger partial charge in [0.1, 0.15) is 7.05 Å². The number of rotatable bonds is 3. The summed E-state index contributed by atoms with van der Waals surface area (Å²) in [6.45, 7) is 4.66. The van der Waals surface area contributed by atoms with E-state index in [4.69, 9.17) is 0 Å². The molecule has 2 atom stereocenters. The molecule has 0 saturated carbocycles. The van der Waals surface area contributed by atoms with Crippen LogP contribution in [0.15, 0.2) is 66.1 Å². The van der Waals surface area contributed by atoms with Gasteiger partial charge < -0.3 is 0 Å². The zero-order chi connectivity index (χ0) is 16.7. The number of thiophene rings is 1. The zero-order valence-corrected chi connectivity index (χ0v) is 15.4. The molecule has 0 radical (unpaired) electrons. The van der Waals surface area contributed by atoms with Crippen LogP contribution in [0.5, 0.6) is 0 Å². The molecule has 4 rings (SSSR count). The first-order chi connectivity index (χ1) is 11.6. The summed E-state index contributed by atoms with van der Waals surface area (Å²) in [5, 5.41) is 2.18. The smallest absolute Gasteiger partial charge is 0.198 e. The van der Waals surface area contributed by atoms with E-state index in [0.29, 0.717) is 11.8 Å². The summed E-state index contributed by atoms with van der Waals surface area (Å²) in [6.07, 6.45) is 10.7. The number of benzene rings is 1. The standard InChI is InChI=1S/C22H24NS/c1-22(2)18-10-4-5-11-19(18)23(3)21(22)14-13-16-8-6-9-17(16)20-12-7-15-24-20/h4-7,9-17H,8H2,1-3H3/q+1/b14-13+. The third-order valence-electron chi connectivity index (χ3n) is 5.53. The molecule has 2 heteroatoms. The van der Waals surface area contributed by atoms with Crippen molar-refractivity contribution in [2.75, 3.05) is 7.05 Å². The van der Waals surface area contributed by atoms with Crippen molar-refractivity contribution >= 4 is 22.7 Å². The molecule has 0 bridgehead atoms. The Bertz CT molecular complexity index is 837. The van der Waals surface area contributed by atoms with Gasteiger partial charge in [-0.25, -0.2) is 0 Å². The summed E-state index contributed by atoms with van der Waals surface area (Å²) in [5.74, 6) is 1.11. The van der Waals surface area contributed by atoms with Crippen LogP contribution in [0.1, 0.15) is 36.6 Å². The van der Waals surface area contributed by atoms with Crippen molar-refractivity contribution in [2.45, 2.75) is 31.6 Å². The lowest BCUT2D eigenvalue weighted by molar-refractivity contribution is -0.401. The Balaban J connectivity index is 1.64. The Labute approximate surface area is 148 Å². The molecule has 122 valence electrons. The van der Waals surface area contributed by atoms with Crippen LogP contribution in [-0.2, 0) is 5.41 Å². The van der Waals surface area contributed by atoms with Crippen LogP contribution in [0, 0.1) is 5.92 Å². The average molecular weight is 335 g/mol. The van der Waals surface area contributed by atoms with E-state index in [2.05, 4.69) is 91.6 Å². The second-order valence-electron chi connectivity index (χ2n) is 7.31. The lowest BCUT2D eigenvalue weighted by atomic mass is 9.81. The van der Waals surface area contributed by atoms with E-state index in [-0.39, 0.29) is 5.41 Å². The number of hydrogen-bond acceptors (Lipinski definition) is 1. The third kappa shape index (κ3) is 2.41. The van der Waals surface area contributed by atoms with E-state index in [9.17, 15) is 0 Å². The number of fused-ring (bicyclic) bond motifs is 1. The van der Waals surface area contributed by atoms with Gasteiger partial charge >= 0.3 is 0 Å². The fraction of sp³-hybridized carbons (Fsp3) is 0.318. The van der Waals surface area contributed by atoms with Crippen LogP contribution < -0.4 is 0 Å². The minimum atomic E-state index is 0.0618. The predicted molar refractivity (Wildman–Crippen MR) is 104 cm³/mol. The number of hydrogen-bond donors (Lipinski definition) is 0. The normalized spacial score (nSPS) is 25.0. The summed E-state index contributed by atoms with van der Waals surface area (Å²) in [6, 6.07) is 13.2. The monoisotopic (exact) mass is 334 g/mol. The maximum atomic E-state index is 2.43. The maximum absolute atomic E-state index is 2.43. The molecule has 0 spiro atoms. The predicted octanol–water partition coefficient (Wildman–Crippen LogP) is 5.67. The number of nitrogens with zero attached hydrogens (tertiary/aromatic N) is 1. The Hall–Kier alpha value is -1.93. The molecule has 2 aromatic rings. The summed E-state index contributed by atoms with van der Waals surface area (Å²) in [5.41, 5.74) is 4.21. The molecule has 1 aromatic carbocycles. The fourth-order valence-corrected chi connectivity index (χ4v) is 5.06. The molecular weight excluding hydrogens is 310 g/mol. The maximum Gasteiger partial charge on any atom is 0.209 e. The van der Waals surface area contributed by atoms with Crippen LogP contribution in [0.25, 0.3) is 0 Å². The molecule has 24 heavy (non-hydrogen) atoms. The third-order valence-corrected chi connectivity index (χ3v) is 6.50. The van der Waals surface area contributed by atoms with E-state index in [1.54, 1.807) is 0 Å². The van der Waals surface area contributed by atoms with Gasteiger partial charge in [0.15, 0.2) is 5.71 Å². The van der Waals surface area contributed by atoms with Gasteiger partial charge in [0.05, 0.1) is 5.41 Å². The van der Waals surface area contributed by atoms with E-state index in [0.717, 1.165) is 6.42 Å². The van der Waals surface area contributed by atoms with Crippen molar-refractivity contribution in [1.29, 1.82) is 0 Å². The molecule has 0 saturated heterocycles. The van der Waals surface area contributed by atoms with Gasteiger partial charge in [-0.15, -0.1) is 11.3 Å². The van der Waals surface area contributed by atoms with E-state index >= 15 is 0 Å². The lowest BCUT2D eigenvalue weighted by Gasteiger charge is -2.17. The van der Waals surface area contributed by atoms with Crippen molar-refractivity contribution in [3.63, 3.8) is 0 Å². The van der Waals surface area contributed by atoms with Crippen molar-refractivity contribution in [3.8, 4) is 0 Å². The van der Waals surface area contributed by atoms with Crippen molar-refractivity contribution in [1.82, 2.24) is 0 Å². The minimum absolute atomic E-state index is 0.0618. The average Bonchev–Trinajstić information content (AvgIpc) is 3.28. The second-order valence-corrected chi connectivity index (χ2v) is 8.29. The van der Waals surface area contributed by atoms with Gasteiger partial charge in [0.2, 0.25) is 5.69 Å². The van der Waals surface area contributed by atoms with Gasteiger partial charge in [-0.1, -0.05) is 42.5 Å². The molecule has 0 N–H and O–H groups in total. The Kier molecular flexibility index (Phi) is 3.80. The Morgan fingerprint density at radius 2 is 2.00 bits per heavy atom. The van der Waals surface area contributed by atoms with E-state index in [1.165, 1.54) is 21.8 Å². The van der Waals surface area contributed by atoms with Gasteiger partial charge in [0.25, 0.3) is 0 Å². The van der Waals surface area contributed by atoms with Crippen LogP contribution in [0.2, 0.25) is 0 Å². The molecule has 2 unspecified atom stereocenters. The largest absolute Gasteiger partial charge is 0.209 e.